The fraction of sp³-hybridized carbons (Fsp3) is 0.467. The quantitative estimate of drug-likeness (QED) is 0.896. The number of hydrogen-bond acceptors (Lipinski definition) is 3. The fourth-order valence-electron chi connectivity index (χ4n) is 2.21. The summed E-state index contributed by atoms with van der Waals surface area (Å²) in [6, 6.07) is 9.56. The molecule has 0 aromatic heterocycles. The van der Waals surface area contributed by atoms with Crippen LogP contribution in [-0.4, -0.2) is 32.2 Å². The first-order chi connectivity index (χ1) is 9.70. The van der Waals surface area contributed by atoms with Gasteiger partial charge in [0.15, 0.2) is 0 Å². The number of nitrogens with zero attached hydrogens (tertiary/aromatic N) is 1. The fourth-order valence-corrected chi connectivity index (χ4v) is 2.21. The van der Waals surface area contributed by atoms with Crippen LogP contribution >= 0.6 is 0 Å². The van der Waals surface area contributed by atoms with Gasteiger partial charge in [0.05, 0.1) is 7.11 Å². The van der Waals surface area contributed by atoms with Crippen molar-refractivity contribution in [1.29, 1.82) is 0 Å². The molecule has 1 fully saturated rings. The maximum absolute atomic E-state index is 12.3. The van der Waals surface area contributed by atoms with E-state index in [9.17, 15) is 9.59 Å². The van der Waals surface area contributed by atoms with Crippen LogP contribution in [-0.2, 0) is 9.53 Å². The third kappa shape index (κ3) is 3.73. The molecule has 5 nitrogen and oxygen atoms in total. The Bertz CT molecular complexity index is 457. The molecule has 1 aliphatic rings. The maximum atomic E-state index is 12.3. The van der Waals surface area contributed by atoms with E-state index in [2.05, 4.69) is 10.1 Å². The van der Waals surface area contributed by atoms with Gasteiger partial charge in [0.1, 0.15) is 6.54 Å². The minimum absolute atomic E-state index is 0.0473. The Morgan fingerprint density at radius 2 is 2.00 bits per heavy atom. The average molecular weight is 276 g/mol. The van der Waals surface area contributed by atoms with Crippen LogP contribution in [0.25, 0.3) is 0 Å². The van der Waals surface area contributed by atoms with Gasteiger partial charge < -0.3 is 15.0 Å². The van der Waals surface area contributed by atoms with E-state index in [4.69, 9.17) is 0 Å². The lowest BCUT2D eigenvalue weighted by molar-refractivity contribution is -0.118. The zero-order chi connectivity index (χ0) is 14.4. The van der Waals surface area contributed by atoms with Gasteiger partial charge in [-0.25, -0.2) is 4.79 Å². The number of benzene rings is 1. The largest absolute Gasteiger partial charge is 0.453 e. The highest BCUT2D eigenvalue weighted by molar-refractivity contribution is 5.96. The number of carbonyl (C=O) groups is 2. The summed E-state index contributed by atoms with van der Waals surface area (Å²) in [6.45, 7) is 0.667. The van der Waals surface area contributed by atoms with Crippen LogP contribution < -0.4 is 10.2 Å². The highest BCUT2D eigenvalue weighted by Gasteiger charge is 2.24. The normalized spacial score (nSPS) is 14.2. The van der Waals surface area contributed by atoms with Crippen molar-refractivity contribution in [3.63, 3.8) is 0 Å². The maximum Gasteiger partial charge on any atom is 0.407 e. The molecule has 0 radical (unpaired) electrons. The zero-order valence-electron chi connectivity index (χ0n) is 11.7. The van der Waals surface area contributed by atoms with Crippen LogP contribution in [0.1, 0.15) is 19.3 Å². The second-order valence-corrected chi connectivity index (χ2v) is 4.98. The van der Waals surface area contributed by atoms with E-state index >= 15 is 0 Å². The number of para-hydroxylation sites is 1. The molecule has 1 N–H and O–H groups in total. The summed E-state index contributed by atoms with van der Waals surface area (Å²) in [5.41, 5.74) is 0.871. The second kappa shape index (κ2) is 6.93. The van der Waals surface area contributed by atoms with Gasteiger partial charge in [0.2, 0.25) is 5.91 Å². The third-order valence-electron chi connectivity index (χ3n) is 3.60. The summed E-state index contributed by atoms with van der Waals surface area (Å²) >= 11 is 0. The smallest absolute Gasteiger partial charge is 0.407 e. The van der Waals surface area contributed by atoms with Crippen LogP contribution in [0.4, 0.5) is 10.5 Å². The van der Waals surface area contributed by atoms with Crippen molar-refractivity contribution >= 4 is 17.7 Å². The first-order valence-corrected chi connectivity index (χ1v) is 6.88. The summed E-state index contributed by atoms with van der Waals surface area (Å²) in [5.74, 6) is 0.450. The van der Waals surface area contributed by atoms with Crippen molar-refractivity contribution in [3.05, 3.63) is 30.3 Å². The van der Waals surface area contributed by atoms with Crippen LogP contribution in [0.5, 0.6) is 0 Å². The molecular weight excluding hydrogens is 256 g/mol. The van der Waals surface area contributed by atoms with E-state index in [1.54, 1.807) is 4.90 Å². The number of anilines is 1. The average Bonchev–Trinajstić information content (AvgIpc) is 2.44. The SMILES string of the molecule is COC(=O)NCC(=O)N(CC1CCC1)c1ccccc1. The number of carbonyl (C=O) groups excluding carboxylic acids is 2. The van der Waals surface area contributed by atoms with Gasteiger partial charge in [0.25, 0.3) is 0 Å². The predicted molar refractivity (Wildman–Crippen MR) is 76.5 cm³/mol. The molecule has 0 saturated heterocycles. The number of amides is 2. The summed E-state index contributed by atoms with van der Waals surface area (Å²) in [5, 5.41) is 2.44. The summed E-state index contributed by atoms with van der Waals surface area (Å²) < 4.78 is 4.48. The van der Waals surface area contributed by atoms with Crippen molar-refractivity contribution in [2.45, 2.75) is 19.3 Å². The molecule has 0 heterocycles. The van der Waals surface area contributed by atoms with E-state index in [0.717, 1.165) is 5.69 Å². The number of nitrogens with one attached hydrogen (secondary N) is 1. The van der Waals surface area contributed by atoms with Gasteiger partial charge in [-0.05, 0) is 30.9 Å². The molecule has 0 spiro atoms. The predicted octanol–water partition coefficient (Wildman–Crippen LogP) is 2.18. The Morgan fingerprint density at radius 1 is 1.30 bits per heavy atom. The molecular formula is C15H20N2O3. The molecule has 5 heteroatoms. The number of alkyl carbamates (subject to hydrolysis) is 1. The lowest BCUT2D eigenvalue weighted by atomic mass is 9.85. The van der Waals surface area contributed by atoms with Crippen molar-refractivity contribution < 1.29 is 14.3 Å². The Morgan fingerprint density at radius 3 is 2.55 bits per heavy atom. The van der Waals surface area contributed by atoms with E-state index in [0.29, 0.717) is 12.5 Å². The minimum Gasteiger partial charge on any atom is -0.453 e. The number of methoxy groups -OCH3 is 1. The van der Waals surface area contributed by atoms with Crippen LogP contribution in [0.2, 0.25) is 0 Å². The number of rotatable bonds is 5. The van der Waals surface area contributed by atoms with Crippen molar-refractivity contribution in [2.24, 2.45) is 5.92 Å². The second-order valence-electron chi connectivity index (χ2n) is 4.98. The van der Waals surface area contributed by atoms with Crippen molar-refractivity contribution in [3.8, 4) is 0 Å². The molecule has 1 aromatic carbocycles. The molecule has 2 amide bonds. The first-order valence-electron chi connectivity index (χ1n) is 6.88. The zero-order valence-corrected chi connectivity index (χ0v) is 11.7. The monoisotopic (exact) mass is 276 g/mol. The first kappa shape index (κ1) is 14.4. The molecule has 0 bridgehead atoms. The van der Waals surface area contributed by atoms with Gasteiger partial charge in [-0.3, -0.25) is 4.79 Å². The van der Waals surface area contributed by atoms with Crippen LogP contribution in [0, 0.1) is 5.92 Å². The van der Waals surface area contributed by atoms with Gasteiger partial charge in [-0.2, -0.15) is 0 Å². The Kier molecular flexibility index (Phi) is 4.98. The van der Waals surface area contributed by atoms with Gasteiger partial charge in [0, 0.05) is 12.2 Å². The number of ether oxygens (including phenoxy) is 1. The highest BCUT2D eigenvalue weighted by Crippen LogP contribution is 2.28. The van der Waals surface area contributed by atoms with Gasteiger partial charge >= 0.3 is 6.09 Å². The number of hydrogen-bond donors (Lipinski definition) is 1. The molecule has 1 aliphatic carbocycles. The summed E-state index contributed by atoms with van der Waals surface area (Å²) in [6.07, 6.45) is 2.99. The van der Waals surface area contributed by atoms with E-state index in [1.165, 1.54) is 26.4 Å². The van der Waals surface area contributed by atoms with Crippen molar-refractivity contribution in [2.75, 3.05) is 25.1 Å². The Labute approximate surface area is 118 Å². The van der Waals surface area contributed by atoms with Gasteiger partial charge in [-0.1, -0.05) is 24.6 Å². The minimum atomic E-state index is -0.588. The third-order valence-corrected chi connectivity index (χ3v) is 3.60. The van der Waals surface area contributed by atoms with Crippen LogP contribution in [0.15, 0.2) is 30.3 Å². The molecule has 20 heavy (non-hydrogen) atoms. The summed E-state index contributed by atoms with van der Waals surface area (Å²) in [4.78, 5) is 25.1. The van der Waals surface area contributed by atoms with Gasteiger partial charge in [-0.15, -0.1) is 0 Å². The topological polar surface area (TPSA) is 58.6 Å². The van der Waals surface area contributed by atoms with E-state index < -0.39 is 6.09 Å². The lowest BCUT2D eigenvalue weighted by Gasteiger charge is -2.32. The van der Waals surface area contributed by atoms with Crippen LogP contribution in [0.3, 0.4) is 0 Å². The van der Waals surface area contributed by atoms with E-state index in [1.807, 2.05) is 30.3 Å². The molecule has 108 valence electrons. The Hall–Kier alpha value is -2.04. The standard InChI is InChI=1S/C15H20N2O3/c1-20-15(19)16-10-14(18)17(11-12-6-5-7-12)13-8-3-2-4-9-13/h2-4,8-9,12H,5-7,10-11H2,1H3,(H,16,19). The lowest BCUT2D eigenvalue weighted by Crippen LogP contribution is -2.43. The molecule has 0 aliphatic heterocycles. The molecule has 0 unspecified atom stereocenters. The molecule has 1 aromatic rings. The Balaban J connectivity index is 2.01. The molecule has 0 atom stereocenters. The molecule has 1 saturated carbocycles. The highest BCUT2D eigenvalue weighted by atomic mass is 16.5. The van der Waals surface area contributed by atoms with Crippen molar-refractivity contribution in [1.82, 2.24) is 5.32 Å². The molecule has 2 rings (SSSR count). The van der Waals surface area contributed by atoms with E-state index in [-0.39, 0.29) is 12.5 Å². The summed E-state index contributed by atoms with van der Waals surface area (Å²) in [7, 11) is 1.28.